The second-order valence-corrected chi connectivity index (χ2v) is 17.3. The molecule has 0 aliphatic carbocycles. The molecule has 3 N–H and O–H groups in total. The van der Waals surface area contributed by atoms with Crippen LogP contribution < -0.4 is 10.2 Å². The van der Waals surface area contributed by atoms with Crippen LogP contribution in [0, 0.1) is 5.92 Å². The number of hydrogen-bond donors (Lipinski definition) is 3. The van der Waals surface area contributed by atoms with Gasteiger partial charge in [0.05, 0.1) is 25.2 Å². The van der Waals surface area contributed by atoms with Gasteiger partial charge in [-0.25, -0.2) is 0 Å². The Kier molecular flexibility index (Phi) is 8.00. The number of fused-ring (bicyclic) bond motifs is 3. The summed E-state index contributed by atoms with van der Waals surface area (Å²) in [6.45, 7) is 6.49. The lowest BCUT2D eigenvalue weighted by molar-refractivity contribution is -0.149. The van der Waals surface area contributed by atoms with Crippen LogP contribution >= 0.6 is 0 Å². The molecular weight excluding hydrogens is 562 g/mol. The van der Waals surface area contributed by atoms with Crippen molar-refractivity contribution in [2.75, 3.05) is 23.4 Å². The highest BCUT2D eigenvalue weighted by Crippen LogP contribution is 2.58. The largest absolute Gasteiger partial charge is 0.432 e. The highest BCUT2D eigenvalue weighted by molar-refractivity contribution is 6.71. The fourth-order valence-electron chi connectivity index (χ4n) is 8.02. The van der Waals surface area contributed by atoms with Crippen molar-refractivity contribution in [2.45, 2.75) is 94.8 Å². The Morgan fingerprint density at radius 2 is 1.84 bits per heavy atom. The van der Waals surface area contributed by atoms with Gasteiger partial charge in [-0.3, -0.25) is 14.4 Å². The number of nitrogens with zero attached hydrogens (tertiary/aromatic N) is 2. The maximum Gasteiger partial charge on any atom is 0.261 e. The molecule has 2 aromatic carbocycles. The molecule has 0 unspecified atom stereocenters. The molecule has 1 spiro atoms. The number of amides is 3. The number of aliphatic hydroxyl groups is 1. The molecule has 0 aromatic heterocycles. The van der Waals surface area contributed by atoms with E-state index in [4.69, 9.17) is 4.74 Å². The summed E-state index contributed by atoms with van der Waals surface area (Å²) >= 11 is 0. The van der Waals surface area contributed by atoms with Crippen LogP contribution in [-0.2, 0) is 37.7 Å². The molecule has 4 heterocycles. The number of rotatable bonds is 5. The number of ether oxygens (including phenoxy) is 1. The Morgan fingerprint density at radius 3 is 2.58 bits per heavy atom. The molecule has 230 valence electrons. The van der Waals surface area contributed by atoms with Gasteiger partial charge in [-0.2, -0.15) is 0 Å². The first-order valence-corrected chi connectivity index (χ1v) is 18.7. The van der Waals surface area contributed by atoms with Crippen molar-refractivity contribution in [1.29, 1.82) is 0 Å². The summed E-state index contributed by atoms with van der Waals surface area (Å²) in [7, 11) is -2.95. The van der Waals surface area contributed by atoms with Crippen LogP contribution in [0.2, 0.25) is 18.6 Å². The fraction of sp³-hybridized carbons (Fsp3) is 0.545. The molecule has 0 bridgehead atoms. The predicted molar refractivity (Wildman–Crippen MR) is 166 cm³/mol. The Balaban J connectivity index is 1.33. The van der Waals surface area contributed by atoms with E-state index in [9.17, 15) is 24.3 Å². The van der Waals surface area contributed by atoms with Gasteiger partial charge in [0.1, 0.15) is 0 Å². The van der Waals surface area contributed by atoms with Crippen molar-refractivity contribution >= 4 is 37.4 Å². The van der Waals surface area contributed by atoms with Crippen LogP contribution in [0.15, 0.2) is 42.5 Å². The van der Waals surface area contributed by atoms with Gasteiger partial charge in [-0.05, 0) is 61.7 Å². The number of benzene rings is 2. The van der Waals surface area contributed by atoms with Crippen molar-refractivity contribution in [1.82, 2.24) is 4.90 Å². The molecule has 0 radical (unpaired) electrons. The van der Waals surface area contributed by atoms with E-state index in [0.717, 1.165) is 42.5 Å². The molecule has 2 aromatic rings. The van der Waals surface area contributed by atoms with Crippen LogP contribution in [0.3, 0.4) is 0 Å². The van der Waals surface area contributed by atoms with Gasteiger partial charge in [0.25, 0.3) is 5.91 Å². The summed E-state index contributed by atoms with van der Waals surface area (Å²) in [6, 6.07) is 13.2. The topological polar surface area (TPSA) is 119 Å². The molecule has 4 aliphatic rings. The number of aliphatic hydroxyl groups excluding tert-OH is 1. The zero-order valence-electron chi connectivity index (χ0n) is 25.3. The summed E-state index contributed by atoms with van der Waals surface area (Å²) in [4.78, 5) is 55.9. The minimum atomic E-state index is -2.95. The van der Waals surface area contributed by atoms with Crippen molar-refractivity contribution in [2.24, 2.45) is 5.92 Å². The molecule has 43 heavy (non-hydrogen) atoms. The van der Waals surface area contributed by atoms with Crippen LogP contribution in [0.1, 0.15) is 62.1 Å². The van der Waals surface area contributed by atoms with Gasteiger partial charge >= 0.3 is 0 Å². The van der Waals surface area contributed by atoms with Crippen molar-refractivity contribution in [3.63, 3.8) is 0 Å². The highest BCUT2D eigenvalue weighted by atomic mass is 28.4. The molecule has 5 atom stereocenters. The molecule has 9 nitrogen and oxygen atoms in total. The number of carbonyl (C=O) groups excluding carboxylic acids is 3. The lowest BCUT2D eigenvalue weighted by Gasteiger charge is -2.37. The number of anilines is 2. The lowest BCUT2D eigenvalue weighted by atomic mass is 9.82. The molecule has 4 aliphatic heterocycles. The first-order valence-electron chi connectivity index (χ1n) is 15.7. The Morgan fingerprint density at radius 1 is 1.09 bits per heavy atom. The van der Waals surface area contributed by atoms with Crippen molar-refractivity contribution in [3.05, 3.63) is 59.2 Å². The number of hydrogen-bond acceptors (Lipinski definition) is 6. The SMILES string of the molecule is C[C@@H]1[C@@H]([Si](C)(C)O)[C@H](CC(=O)N2Cc3ccccc3C[C@H]2CO)O[C@@]12C(=O)Nc1ccc(N3CCCCCCC3=O)cc12. The minimum Gasteiger partial charge on any atom is -0.432 e. The van der Waals surface area contributed by atoms with Crippen molar-refractivity contribution < 1.29 is 29.0 Å². The summed E-state index contributed by atoms with van der Waals surface area (Å²) in [5, 5.41) is 13.2. The molecule has 6 rings (SSSR count). The first-order chi connectivity index (χ1) is 20.5. The third kappa shape index (κ3) is 5.22. The second-order valence-electron chi connectivity index (χ2n) is 13.3. The summed E-state index contributed by atoms with van der Waals surface area (Å²) < 4.78 is 6.76. The van der Waals surface area contributed by atoms with Crippen LogP contribution in [0.4, 0.5) is 11.4 Å². The first kappa shape index (κ1) is 30.0. The maximum absolute atomic E-state index is 13.9. The highest BCUT2D eigenvalue weighted by Gasteiger charge is 2.65. The summed E-state index contributed by atoms with van der Waals surface area (Å²) in [5.41, 5.74) is 2.44. The van der Waals surface area contributed by atoms with Crippen LogP contribution in [0.5, 0.6) is 0 Å². The van der Waals surface area contributed by atoms with E-state index in [2.05, 4.69) is 5.32 Å². The Hall–Kier alpha value is -3.05. The van der Waals surface area contributed by atoms with E-state index in [1.165, 1.54) is 0 Å². The van der Waals surface area contributed by atoms with Crippen LogP contribution in [0.25, 0.3) is 0 Å². The normalized spacial score (nSPS) is 29.2. The molecule has 3 amide bonds. The molecule has 10 heteroatoms. The quantitative estimate of drug-likeness (QED) is 0.442. The van der Waals surface area contributed by atoms with Gasteiger partial charge in [-0.1, -0.05) is 44.0 Å². The van der Waals surface area contributed by atoms with E-state index in [-0.39, 0.29) is 36.8 Å². The molecule has 2 fully saturated rings. The standard InChI is InChI=1S/C33H43N3O6Si/c1-21-31(43(2,3)41)28(18-30(39)36-19-23-11-8-7-10-22(23)16-25(36)20-37)42-33(21)26-17-24(13-14-27(26)34-32(33)40)35-15-9-5-4-6-12-29(35)38/h7-8,10-11,13-14,17,21,25,28,31,37,41H,4-6,9,12,15-16,18-20H2,1-3H3,(H,34,40)/t21-,25+,28+,31-,33+/m1/s1. The van der Waals surface area contributed by atoms with Gasteiger partial charge in [0.15, 0.2) is 13.9 Å². The van der Waals surface area contributed by atoms with Crippen LogP contribution in [-0.4, -0.2) is 66.1 Å². The summed E-state index contributed by atoms with van der Waals surface area (Å²) in [6.07, 6.45) is 4.31. The number of nitrogens with one attached hydrogen (secondary N) is 1. The molecular formula is C33H43N3O6Si. The van der Waals surface area contributed by atoms with Gasteiger partial charge < -0.3 is 29.8 Å². The zero-order valence-corrected chi connectivity index (χ0v) is 26.3. The smallest absolute Gasteiger partial charge is 0.261 e. The van der Waals surface area contributed by atoms with Gasteiger partial charge in [0.2, 0.25) is 11.8 Å². The third-order valence-electron chi connectivity index (χ3n) is 10.1. The van der Waals surface area contributed by atoms with E-state index in [0.29, 0.717) is 37.2 Å². The maximum atomic E-state index is 13.9. The Labute approximate surface area is 254 Å². The average Bonchev–Trinajstić information content (AvgIpc) is 3.42. The van der Waals surface area contributed by atoms with E-state index < -0.39 is 31.5 Å². The molecule has 0 saturated carbocycles. The third-order valence-corrected chi connectivity index (χ3v) is 12.6. The molecule has 2 saturated heterocycles. The van der Waals surface area contributed by atoms with E-state index in [1.807, 2.05) is 67.4 Å². The monoisotopic (exact) mass is 605 g/mol. The number of carbonyl (C=O) groups is 3. The zero-order chi connectivity index (χ0) is 30.5. The van der Waals surface area contributed by atoms with Crippen molar-refractivity contribution in [3.8, 4) is 0 Å². The second kappa shape index (κ2) is 11.5. The average molecular weight is 606 g/mol. The fourth-order valence-corrected chi connectivity index (χ4v) is 10.6. The minimum absolute atomic E-state index is 0.000666. The predicted octanol–water partition coefficient (Wildman–Crippen LogP) is 4.07. The Bertz CT molecular complexity index is 1430. The van der Waals surface area contributed by atoms with E-state index in [1.54, 1.807) is 4.90 Å². The van der Waals surface area contributed by atoms with E-state index >= 15 is 0 Å². The lowest BCUT2D eigenvalue weighted by Crippen LogP contribution is -2.48. The van der Waals surface area contributed by atoms with Gasteiger partial charge in [0, 0.05) is 47.9 Å². The summed E-state index contributed by atoms with van der Waals surface area (Å²) in [5.74, 6) is -0.792. The van der Waals surface area contributed by atoms with Gasteiger partial charge in [-0.15, -0.1) is 0 Å².